The van der Waals surface area contributed by atoms with Gasteiger partial charge in [0, 0.05) is 11.1 Å². The number of carbonyl (C=O) groups is 2. The Morgan fingerprint density at radius 1 is 1.19 bits per heavy atom. The van der Waals surface area contributed by atoms with Crippen molar-refractivity contribution < 1.29 is 23.8 Å². The topological polar surface area (TPSA) is 61.8 Å². The Balaban J connectivity index is 1.95. The summed E-state index contributed by atoms with van der Waals surface area (Å²) in [5.74, 6) is 0.703. The molecule has 0 aromatic heterocycles. The van der Waals surface area contributed by atoms with Gasteiger partial charge in [-0.3, -0.25) is 9.59 Å². The van der Waals surface area contributed by atoms with Gasteiger partial charge >= 0.3 is 5.97 Å². The smallest absolute Gasteiger partial charge is 0.329 e. The Bertz CT molecular complexity index is 914. The molecule has 1 aliphatic heterocycles. The van der Waals surface area contributed by atoms with Crippen molar-refractivity contribution in [3.05, 3.63) is 58.8 Å². The molecule has 2 aromatic rings. The van der Waals surface area contributed by atoms with Crippen LogP contribution < -0.4 is 14.2 Å². The van der Waals surface area contributed by atoms with Gasteiger partial charge < -0.3 is 14.2 Å². The standard InChI is InChI=1S/C20H17ClO5/c1-11-15(26-20(23)12(2)21)9-8-14-18(22)17(25-19(11)14)10-13-6-4-5-7-16(13)24-3/h4-10,12H,1-3H3/b17-10-. The minimum atomic E-state index is -0.772. The van der Waals surface area contributed by atoms with Crippen LogP contribution in [0.5, 0.6) is 17.2 Å². The summed E-state index contributed by atoms with van der Waals surface area (Å²) in [6.07, 6.45) is 1.63. The van der Waals surface area contributed by atoms with Crippen molar-refractivity contribution in [1.82, 2.24) is 0 Å². The third kappa shape index (κ3) is 3.30. The fourth-order valence-electron chi connectivity index (χ4n) is 2.60. The van der Waals surface area contributed by atoms with Crippen molar-refractivity contribution in [3.63, 3.8) is 0 Å². The number of allylic oxidation sites excluding steroid dienone is 1. The van der Waals surface area contributed by atoms with E-state index in [1.807, 2.05) is 18.2 Å². The van der Waals surface area contributed by atoms with Crippen LogP contribution in [0, 0.1) is 6.92 Å². The van der Waals surface area contributed by atoms with E-state index in [1.165, 1.54) is 6.92 Å². The Morgan fingerprint density at radius 3 is 2.62 bits per heavy atom. The molecule has 1 unspecified atom stereocenters. The molecular weight excluding hydrogens is 356 g/mol. The maximum Gasteiger partial charge on any atom is 0.329 e. The number of ketones is 1. The number of esters is 1. The highest BCUT2D eigenvalue weighted by Gasteiger charge is 2.31. The lowest BCUT2D eigenvalue weighted by Crippen LogP contribution is -2.18. The summed E-state index contributed by atoms with van der Waals surface area (Å²) in [5.41, 5.74) is 1.71. The Morgan fingerprint density at radius 2 is 1.92 bits per heavy atom. The molecule has 134 valence electrons. The van der Waals surface area contributed by atoms with Gasteiger partial charge in [-0.2, -0.15) is 0 Å². The predicted octanol–water partition coefficient (Wildman–Crippen LogP) is 4.15. The first kappa shape index (κ1) is 18.0. The Hall–Kier alpha value is -2.79. The molecule has 2 aromatic carbocycles. The van der Waals surface area contributed by atoms with Crippen LogP contribution in [0.3, 0.4) is 0 Å². The zero-order valence-corrected chi connectivity index (χ0v) is 15.3. The summed E-state index contributed by atoms with van der Waals surface area (Å²) in [6.45, 7) is 3.25. The second-order valence-electron chi connectivity index (χ2n) is 5.78. The van der Waals surface area contributed by atoms with E-state index in [-0.39, 0.29) is 11.5 Å². The molecule has 26 heavy (non-hydrogen) atoms. The average Bonchev–Trinajstić information content (AvgIpc) is 2.94. The maximum absolute atomic E-state index is 12.6. The molecule has 0 bridgehead atoms. The molecule has 0 saturated heterocycles. The molecule has 0 fully saturated rings. The fraction of sp³-hybridized carbons (Fsp3) is 0.200. The lowest BCUT2D eigenvalue weighted by molar-refractivity contribution is -0.133. The van der Waals surface area contributed by atoms with Crippen molar-refractivity contribution >= 4 is 29.4 Å². The first-order valence-corrected chi connectivity index (χ1v) is 8.42. The summed E-state index contributed by atoms with van der Waals surface area (Å²) >= 11 is 5.73. The van der Waals surface area contributed by atoms with Crippen LogP contribution in [0.2, 0.25) is 0 Å². The van der Waals surface area contributed by atoms with Crippen molar-refractivity contribution in [2.75, 3.05) is 7.11 Å². The summed E-state index contributed by atoms with van der Waals surface area (Å²) in [6, 6.07) is 10.5. The zero-order valence-electron chi connectivity index (χ0n) is 14.5. The predicted molar refractivity (Wildman–Crippen MR) is 98.1 cm³/mol. The molecule has 0 saturated carbocycles. The third-order valence-corrected chi connectivity index (χ3v) is 4.18. The van der Waals surface area contributed by atoms with Gasteiger partial charge in [0.05, 0.1) is 12.7 Å². The van der Waals surface area contributed by atoms with Crippen LogP contribution >= 0.6 is 11.6 Å². The summed E-state index contributed by atoms with van der Waals surface area (Å²) < 4.78 is 16.3. The number of fused-ring (bicyclic) bond motifs is 1. The number of hydrogen-bond acceptors (Lipinski definition) is 5. The number of para-hydroxylation sites is 1. The number of carbonyl (C=O) groups excluding carboxylic acids is 2. The highest BCUT2D eigenvalue weighted by molar-refractivity contribution is 6.29. The van der Waals surface area contributed by atoms with Gasteiger partial charge in [-0.15, -0.1) is 11.6 Å². The number of alkyl halides is 1. The van der Waals surface area contributed by atoms with Gasteiger partial charge in [-0.05, 0) is 38.1 Å². The monoisotopic (exact) mass is 372 g/mol. The van der Waals surface area contributed by atoms with Crippen molar-refractivity contribution in [1.29, 1.82) is 0 Å². The number of ether oxygens (including phenoxy) is 3. The molecule has 3 rings (SSSR count). The van der Waals surface area contributed by atoms with Crippen LogP contribution in [-0.4, -0.2) is 24.2 Å². The van der Waals surface area contributed by atoms with Gasteiger partial charge in [0.15, 0.2) is 5.76 Å². The molecule has 0 N–H and O–H groups in total. The zero-order chi connectivity index (χ0) is 18.8. The lowest BCUT2D eigenvalue weighted by Gasteiger charge is -2.10. The average molecular weight is 373 g/mol. The van der Waals surface area contributed by atoms with Crippen molar-refractivity contribution in [2.45, 2.75) is 19.2 Å². The molecule has 6 heteroatoms. The van der Waals surface area contributed by atoms with E-state index in [4.69, 9.17) is 25.8 Å². The number of benzene rings is 2. The van der Waals surface area contributed by atoms with Gasteiger partial charge in [0.1, 0.15) is 22.6 Å². The van der Waals surface area contributed by atoms with Gasteiger partial charge in [-0.25, -0.2) is 0 Å². The fourth-order valence-corrected chi connectivity index (χ4v) is 2.64. The molecule has 0 radical (unpaired) electrons. The minimum absolute atomic E-state index is 0.182. The summed E-state index contributed by atoms with van der Waals surface area (Å²) in [7, 11) is 1.56. The normalized spacial score (nSPS) is 15.4. The number of halogens is 1. The third-order valence-electron chi connectivity index (χ3n) is 4.00. The van der Waals surface area contributed by atoms with Gasteiger partial charge in [0.2, 0.25) is 5.78 Å². The molecule has 0 amide bonds. The van der Waals surface area contributed by atoms with E-state index in [2.05, 4.69) is 0 Å². The van der Waals surface area contributed by atoms with Crippen LogP contribution in [0.4, 0.5) is 0 Å². The van der Waals surface area contributed by atoms with E-state index in [1.54, 1.807) is 38.3 Å². The highest BCUT2D eigenvalue weighted by Crippen LogP contribution is 2.39. The molecule has 1 aliphatic rings. The van der Waals surface area contributed by atoms with Crippen LogP contribution in [0.25, 0.3) is 6.08 Å². The molecular formula is C20H17ClO5. The van der Waals surface area contributed by atoms with Crippen LogP contribution in [0.15, 0.2) is 42.2 Å². The molecule has 0 spiro atoms. The summed E-state index contributed by atoms with van der Waals surface area (Å²) in [4.78, 5) is 24.3. The minimum Gasteiger partial charge on any atom is -0.496 e. The molecule has 1 heterocycles. The number of methoxy groups -OCH3 is 1. The Kier molecular flexibility index (Phi) is 5.00. The number of hydrogen-bond donors (Lipinski definition) is 0. The van der Waals surface area contributed by atoms with E-state index >= 15 is 0 Å². The first-order chi connectivity index (χ1) is 12.4. The highest BCUT2D eigenvalue weighted by atomic mass is 35.5. The quantitative estimate of drug-likeness (QED) is 0.349. The van der Waals surface area contributed by atoms with E-state index in [0.717, 1.165) is 5.56 Å². The summed E-state index contributed by atoms with van der Waals surface area (Å²) in [5, 5.41) is -0.772. The largest absolute Gasteiger partial charge is 0.496 e. The SMILES string of the molecule is COc1ccccc1/C=C1\Oc2c(ccc(OC(=O)C(C)Cl)c2C)C1=O. The van der Waals surface area contributed by atoms with Crippen LogP contribution in [-0.2, 0) is 4.79 Å². The molecule has 0 aliphatic carbocycles. The lowest BCUT2D eigenvalue weighted by atomic mass is 10.1. The van der Waals surface area contributed by atoms with E-state index in [9.17, 15) is 9.59 Å². The van der Waals surface area contributed by atoms with E-state index < -0.39 is 11.3 Å². The van der Waals surface area contributed by atoms with Crippen molar-refractivity contribution in [2.24, 2.45) is 0 Å². The Labute approximate surface area is 156 Å². The number of rotatable bonds is 4. The van der Waals surface area contributed by atoms with E-state index in [0.29, 0.717) is 28.4 Å². The molecule has 1 atom stereocenters. The number of Topliss-reactive ketones (excluding diaryl/α,β-unsaturated/α-hetero) is 1. The first-order valence-electron chi connectivity index (χ1n) is 7.99. The second-order valence-corrected chi connectivity index (χ2v) is 6.44. The maximum atomic E-state index is 12.6. The van der Waals surface area contributed by atoms with Crippen molar-refractivity contribution in [3.8, 4) is 17.2 Å². The van der Waals surface area contributed by atoms with Gasteiger partial charge in [0.25, 0.3) is 0 Å². The van der Waals surface area contributed by atoms with Crippen LogP contribution in [0.1, 0.15) is 28.4 Å². The van der Waals surface area contributed by atoms with Gasteiger partial charge in [-0.1, -0.05) is 18.2 Å². The molecule has 5 nitrogen and oxygen atoms in total. The second kappa shape index (κ2) is 7.22.